The Hall–Kier alpha value is -4.00. The fraction of sp³-hybridized carbons (Fsp3) is 0.231. The summed E-state index contributed by atoms with van der Waals surface area (Å²) in [5, 5.41) is 14.4. The van der Waals surface area contributed by atoms with Gasteiger partial charge >= 0.3 is 5.97 Å². The first kappa shape index (κ1) is 20.9. The van der Waals surface area contributed by atoms with Crippen LogP contribution in [-0.4, -0.2) is 27.0 Å². The Morgan fingerprint density at radius 1 is 1.03 bits per heavy atom. The molecule has 0 radical (unpaired) electrons. The summed E-state index contributed by atoms with van der Waals surface area (Å²) in [6.07, 6.45) is 6.87. The monoisotopic (exact) mass is 441 g/mol. The van der Waals surface area contributed by atoms with Gasteiger partial charge in [-0.05, 0) is 43.2 Å². The molecule has 7 heteroatoms. The van der Waals surface area contributed by atoms with E-state index in [4.69, 9.17) is 9.40 Å². The quantitative estimate of drug-likeness (QED) is 0.425. The molecule has 0 saturated heterocycles. The van der Waals surface area contributed by atoms with Crippen LogP contribution in [0, 0.1) is 0 Å². The van der Waals surface area contributed by atoms with E-state index in [1.165, 1.54) is 23.4 Å². The zero-order valence-electron chi connectivity index (χ0n) is 18.0. The molecule has 0 spiro atoms. The van der Waals surface area contributed by atoms with Gasteiger partial charge in [0.05, 0.1) is 22.7 Å². The average Bonchev–Trinajstić information content (AvgIpc) is 3.33. The Labute approximate surface area is 190 Å². The lowest BCUT2D eigenvalue weighted by atomic mass is 9.88. The second kappa shape index (κ2) is 8.86. The third-order valence-corrected chi connectivity index (χ3v) is 6.10. The minimum atomic E-state index is -1.02. The molecule has 4 aromatic rings. The first-order valence-corrected chi connectivity index (χ1v) is 11.1. The van der Waals surface area contributed by atoms with Crippen molar-refractivity contribution in [3.05, 3.63) is 88.2 Å². The Bertz CT molecular complexity index is 1410. The molecule has 0 aliphatic heterocycles. The maximum absolute atomic E-state index is 13.3. The zero-order chi connectivity index (χ0) is 22.8. The van der Waals surface area contributed by atoms with Crippen LogP contribution < -0.4 is 5.56 Å². The van der Waals surface area contributed by atoms with Gasteiger partial charge in [0.25, 0.3) is 5.56 Å². The van der Waals surface area contributed by atoms with Gasteiger partial charge in [-0.1, -0.05) is 49.6 Å². The predicted molar refractivity (Wildman–Crippen MR) is 126 cm³/mol. The summed E-state index contributed by atoms with van der Waals surface area (Å²) in [6, 6.07) is 17.4. The molecule has 0 bridgehead atoms. The van der Waals surface area contributed by atoms with Crippen molar-refractivity contribution in [3.63, 3.8) is 0 Å². The molecule has 0 atom stereocenters. The third-order valence-electron chi connectivity index (χ3n) is 6.10. The molecule has 0 amide bonds. The van der Waals surface area contributed by atoms with Crippen LogP contribution in [-0.2, 0) is 0 Å². The molecule has 1 fully saturated rings. The van der Waals surface area contributed by atoms with E-state index in [9.17, 15) is 14.7 Å². The van der Waals surface area contributed by atoms with Gasteiger partial charge in [-0.2, -0.15) is 9.78 Å². The molecule has 2 heterocycles. The number of fused-ring (bicyclic) bond motifs is 1. The number of aromatic carboxylic acids is 1. The van der Waals surface area contributed by atoms with Crippen LogP contribution in [0.1, 0.15) is 60.0 Å². The van der Waals surface area contributed by atoms with Crippen LogP contribution in [0.2, 0.25) is 0 Å². The van der Waals surface area contributed by atoms with Gasteiger partial charge in [0.15, 0.2) is 0 Å². The summed E-state index contributed by atoms with van der Waals surface area (Å²) < 4.78 is 7.24. The first-order chi connectivity index (χ1) is 16.1. The van der Waals surface area contributed by atoms with Gasteiger partial charge < -0.3 is 9.52 Å². The number of carboxylic acids is 1. The van der Waals surface area contributed by atoms with Crippen molar-refractivity contribution in [3.8, 4) is 11.3 Å². The third kappa shape index (κ3) is 4.09. The minimum absolute atomic E-state index is 0.157. The Balaban J connectivity index is 1.55. The summed E-state index contributed by atoms with van der Waals surface area (Å²) in [5.41, 5.74) is 1.11. The number of aromatic nitrogens is 2. The summed E-state index contributed by atoms with van der Waals surface area (Å²) in [4.78, 5) is 29.6. The van der Waals surface area contributed by atoms with Crippen molar-refractivity contribution in [2.24, 2.45) is 5.10 Å². The largest absolute Gasteiger partial charge is 0.478 e. The summed E-state index contributed by atoms with van der Waals surface area (Å²) >= 11 is 0. The van der Waals surface area contributed by atoms with E-state index < -0.39 is 5.97 Å². The Morgan fingerprint density at radius 2 is 1.79 bits per heavy atom. The maximum Gasteiger partial charge on any atom is 0.336 e. The standard InChI is InChI=1S/C26H23N3O4/c30-25-21-12-6-7-13-22(21)28-24(17-8-2-1-3-9-17)29(25)27-16-18-14-15-23(33-18)19-10-4-5-11-20(19)26(31)32/h4-7,10-17H,1-3,8-9H2,(H,31,32). The summed E-state index contributed by atoms with van der Waals surface area (Å²) in [6.45, 7) is 0. The predicted octanol–water partition coefficient (Wildman–Crippen LogP) is 5.28. The number of carboxylic acid groups (broad SMARTS) is 1. The highest BCUT2D eigenvalue weighted by atomic mass is 16.4. The lowest BCUT2D eigenvalue weighted by Gasteiger charge is -2.22. The van der Waals surface area contributed by atoms with Gasteiger partial charge in [0.2, 0.25) is 0 Å². The normalized spacial score (nSPS) is 14.8. The van der Waals surface area contributed by atoms with Crippen LogP contribution in [0.5, 0.6) is 0 Å². The topological polar surface area (TPSA) is 97.7 Å². The smallest absolute Gasteiger partial charge is 0.336 e. The van der Waals surface area contributed by atoms with Crippen LogP contribution in [0.4, 0.5) is 0 Å². The Morgan fingerprint density at radius 3 is 2.61 bits per heavy atom. The lowest BCUT2D eigenvalue weighted by molar-refractivity contribution is 0.0697. The van der Waals surface area contributed by atoms with E-state index in [2.05, 4.69) is 5.10 Å². The van der Waals surface area contributed by atoms with Crippen LogP contribution in [0.3, 0.4) is 0 Å². The number of rotatable bonds is 5. The zero-order valence-corrected chi connectivity index (χ0v) is 18.0. The molecule has 7 nitrogen and oxygen atoms in total. The highest BCUT2D eigenvalue weighted by Gasteiger charge is 2.22. The van der Waals surface area contributed by atoms with E-state index in [1.807, 2.05) is 18.2 Å². The molecular weight excluding hydrogens is 418 g/mol. The average molecular weight is 441 g/mol. The van der Waals surface area contributed by atoms with E-state index in [0.29, 0.717) is 33.8 Å². The van der Waals surface area contributed by atoms with Gasteiger partial charge in [0, 0.05) is 11.5 Å². The lowest BCUT2D eigenvalue weighted by Crippen LogP contribution is -2.25. The van der Waals surface area contributed by atoms with Crippen molar-refractivity contribution < 1.29 is 14.3 Å². The molecule has 1 aliphatic rings. The van der Waals surface area contributed by atoms with Crippen molar-refractivity contribution in [2.45, 2.75) is 38.0 Å². The molecule has 2 aromatic heterocycles. The van der Waals surface area contributed by atoms with E-state index in [1.54, 1.807) is 36.4 Å². The van der Waals surface area contributed by atoms with Gasteiger partial charge in [-0.15, -0.1) is 0 Å². The molecule has 1 N–H and O–H groups in total. The highest BCUT2D eigenvalue weighted by Crippen LogP contribution is 2.32. The second-order valence-electron chi connectivity index (χ2n) is 8.24. The van der Waals surface area contributed by atoms with E-state index in [0.717, 1.165) is 25.7 Å². The SMILES string of the molecule is O=C(O)c1ccccc1-c1ccc(C=Nn2c(C3CCCCC3)nc3ccccc3c2=O)o1. The van der Waals surface area contributed by atoms with Crippen molar-refractivity contribution in [1.29, 1.82) is 0 Å². The molecular formula is C26H23N3O4. The molecule has 1 saturated carbocycles. The van der Waals surface area contributed by atoms with E-state index >= 15 is 0 Å². The number of nitrogens with zero attached hydrogens (tertiary/aromatic N) is 3. The fourth-order valence-corrected chi connectivity index (χ4v) is 4.44. The van der Waals surface area contributed by atoms with Crippen molar-refractivity contribution in [1.82, 2.24) is 9.66 Å². The van der Waals surface area contributed by atoms with Crippen LogP contribution in [0.25, 0.3) is 22.2 Å². The summed E-state index contributed by atoms with van der Waals surface area (Å²) in [7, 11) is 0. The molecule has 33 heavy (non-hydrogen) atoms. The number of furan rings is 1. The Kier molecular flexibility index (Phi) is 5.60. The van der Waals surface area contributed by atoms with Crippen molar-refractivity contribution >= 4 is 23.1 Å². The first-order valence-electron chi connectivity index (χ1n) is 11.1. The van der Waals surface area contributed by atoms with Gasteiger partial charge in [-0.3, -0.25) is 4.79 Å². The number of hydrogen-bond acceptors (Lipinski definition) is 5. The van der Waals surface area contributed by atoms with Crippen LogP contribution in [0.15, 0.2) is 75.0 Å². The molecule has 1 aliphatic carbocycles. The minimum Gasteiger partial charge on any atom is -0.478 e. The number of para-hydroxylation sites is 1. The molecule has 5 rings (SSSR count). The number of benzene rings is 2. The van der Waals surface area contributed by atoms with Gasteiger partial charge in [-0.25, -0.2) is 9.78 Å². The summed E-state index contributed by atoms with van der Waals surface area (Å²) in [5.74, 6) is 0.675. The van der Waals surface area contributed by atoms with Gasteiger partial charge in [0.1, 0.15) is 17.3 Å². The van der Waals surface area contributed by atoms with Crippen LogP contribution >= 0.6 is 0 Å². The molecule has 2 aromatic carbocycles. The maximum atomic E-state index is 13.3. The molecule has 0 unspecified atom stereocenters. The second-order valence-corrected chi connectivity index (χ2v) is 8.24. The highest BCUT2D eigenvalue weighted by molar-refractivity contribution is 5.95. The molecule has 166 valence electrons. The fourth-order valence-electron chi connectivity index (χ4n) is 4.44. The van der Waals surface area contributed by atoms with Crippen molar-refractivity contribution in [2.75, 3.05) is 0 Å². The van der Waals surface area contributed by atoms with E-state index in [-0.39, 0.29) is 17.0 Å². The number of hydrogen-bond donors (Lipinski definition) is 1. The number of carbonyl (C=O) groups is 1.